The number of nitrogens with zero attached hydrogens (tertiary/aromatic N) is 1. The van der Waals surface area contributed by atoms with Crippen molar-refractivity contribution in [2.45, 2.75) is 65.0 Å². The molecule has 0 aliphatic carbocycles. The molecule has 0 heterocycles. The number of nitriles is 1. The fraction of sp³-hybridized carbons (Fsp3) is 0.923. The zero-order valence-electron chi connectivity index (χ0n) is 11.2. The van der Waals surface area contributed by atoms with Crippen LogP contribution in [0.2, 0.25) is 0 Å². The van der Waals surface area contributed by atoms with Crippen molar-refractivity contribution in [3.63, 3.8) is 0 Å². The van der Waals surface area contributed by atoms with Crippen molar-refractivity contribution in [2.75, 3.05) is 13.2 Å². The third-order valence-electron chi connectivity index (χ3n) is 3.06. The van der Waals surface area contributed by atoms with Gasteiger partial charge in [0.1, 0.15) is 5.54 Å². The molecular formula is C13H26N2O. The Hall–Kier alpha value is -0.590. The Balaban J connectivity index is 3.90. The van der Waals surface area contributed by atoms with E-state index in [9.17, 15) is 5.26 Å². The maximum atomic E-state index is 9.21. The van der Waals surface area contributed by atoms with Gasteiger partial charge >= 0.3 is 0 Å². The lowest BCUT2D eigenvalue weighted by Gasteiger charge is -2.26. The summed E-state index contributed by atoms with van der Waals surface area (Å²) in [4.78, 5) is 0. The van der Waals surface area contributed by atoms with Crippen molar-refractivity contribution in [3.8, 4) is 6.07 Å². The zero-order valence-corrected chi connectivity index (χ0v) is 11.2. The molecule has 2 atom stereocenters. The highest BCUT2D eigenvalue weighted by Crippen LogP contribution is 2.16. The average Bonchev–Trinajstić information content (AvgIpc) is 2.32. The second kappa shape index (κ2) is 8.55. The Bertz CT molecular complexity index is 212. The monoisotopic (exact) mass is 226 g/mol. The summed E-state index contributed by atoms with van der Waals surface area (Å²) in [5, 5.41) is 12.5. The van der Waals surface area contributed by atoms with Crippen molar-refractivity contribution < 1.29 is 4.74 Å². The van der Waals surface area contributed by atoms with Gasteiger partial charge < -0.3 is 4.74 Å². The SMILES string of the molecule is CCNC(C#N)(CC)CCCOC(C)CC. The first-order chi connectivity index (χ1) is 7.64. The standard InChI is InChI=1S/C13H26N2O/c1-5-12(4)16-10-8-9-13(6-2,11-14)15-7-3/h12,15H,5-10H2,1-4H3. The first-order valence-corrected chi connectivity index (χ1v) is 6.42. The lowest BCUT2D eigenvalue weighted by atomic mass is 9.92. The van der Waals surface area contributed by atoms with Crippen molar-refractivity contribution in [1.82, 2.24) is 5.32 Å². The zero-order chi connectivity index (χ0) is 12.4. The van der Waals surface area contributed by atoms with E-state index in [0.29, 0.717) is 6.10 Å². The van der Waals surface area contributed by atoms with Gasteiger partial charge in [0.2, 0.25) is 0 Å². The van der Waals surface area contributed by atoms with E-state index in [1.165, 1.54) is 0 Å². The molecule has 3 heteroatoms. The fourth-order valence-corrected chi connectivity index (χ4v) is 1.68. The summed E-state index contributed by atoms with van der Waals surface area (Å²) in [5.41, 5.74) is -0.354. The second-order valence-corrected chi connectivity index (χ2v) is 4.27. The highest BCUT2D eigenvalue weighted by atomic mass is 16.5. The average molecular weight is 226 g/mol. The van der Waals surface area contributed by atoms with Crippen molar-refractivity contribution in [3.05, 3.63) is 0 Å². The maximum absolute atomic E-state index is 9.21. The normalized spacial score (nSPS) is 16.4. The van der Waals surface area contributed by atoms with Gasteiger partial charge in [-0.1, -0.05) is 20.8 Å². The molecule has 0 aromatic rings. The van der Waals surface area contributed by atoms with Gasteiger partial charge in [-0.15, -0.1) is 0 Å². The minimum absolute atomic E-state index is 0.331. The molecule has 0 fully saturated rings. The summed E-state index contributed by atoms with van der Waals surface area (Å²) in [6.45, 7) is 9.90. The van der Waals surface area contributed by atoms with E-state index in [0.717, 1.165) is 38.8 Å². The van der Waals surface area contributed by atoms with E-state index < -0.39 is 0 Å². The molecule has 0 saturated heterocycles. The van der Waals surface area contributed by atoms with Crippen LogP contribution in [-0.2, 0) is 4.74 Å². The lowest BCUT2D eigenvalue weighted by Crippen LogP contribution is -2.43. The van der Waals surface area contributed by atoms with Gasteiger partial charge in [0.15, 0.2) is 0 Å². The third kappa shape index (κ3) is 5.48. The Morgan fingerprint density at radius 2 is 2.06 bits per heavy atom. The van der Waals surface area contributed by atoms with E-state index in [-0.39, 0.29) is 5.54 Å². The van der Waals surface area contributed by atoms with Crippen LogP contribution < -0.4 is 5.32 Å². The summed E-state index contributed by atoms with van der Waals surface area (Å²) in [6, 6.07) is 2.40. The highest BCUT2D eigenvalue weighted by Gasteiger charge is 2.25. The topological polar surface area (TPSA) is 45.0 Å². The van der Waals surface area contributed by atoms with Gasteiger partial charge in [-0.25, -0.2) is 0 Å². The van der Waals surface area contributed by atoms with Gasteiger partial charge in [0.05, 0.1) is 12.2 Å². The van der Waals surface area contributed by atoms with Crippen molar-refractivity contribution >= 4 is 0 Å². The van der Waals surface area contributed by atoms with Gasteiger partial charge in [-0.2, -0.15) is 5.26 Å². The molecule has 0 bridgehead atoms. The van der Waals surface area contributed by atoms with Crippen LogP contribution in [0.15, 0.2) is 0 Å². The van der Waals surface area contributed by atoms with Gasteiger partial charge in [-0.3, -0.25) is 5.32 Å². The Morgan fingerprint density at radius 3 is 2.50 bits per heavy atom. The molecule has 0 radical (unpaired) electrons. The molecule has 0 aromatic carbocycles. The van der Waals surface area contributed by atoms with E-state index in [4.69, 9.17) is 4.74 Å². The molecule has 16 heavy (non-hydrogen) atoms. The highest BCUT2D eigenvalue weighted by molar-refractivity contribution is 5.05. The predicted octanol–water partition coefficient (Wildman–Crippen LogP) is 2.86. The van der Waals surface area contributed by atoms with Crippen LogP contribution in [0.25, 0.3) is 0 Å². The summed E-state index contributed by atoms with van der Waals surface area (Å²) in [5.74, 6) is 0. The lowest BCUT2D eigenvalue weighted by molar-refractivity contribution is 0.0582. The Kier molecular flexibility index (Phi) is 8.23. The molecular weight excluding hydrogens is 200 g/mol. The van der Waals surface area contributed by atoms with Crippen LogP contribution >= 0.6 is 0 Å². The van der Waals surface area contributed by atoms with Crippen LogP contribution in [0.4, 0.5) is 0 Å². The quantitative estimate of drug-likeness (QED) is 0.615. The molecule has 94 valence electrons. The molecule has 0 aromatic heterocycles. The van der Waals surface area contributed by atoms with Crippen molar-refractivity contribution in [1.29, 1.82) is 5.26 Å². The fourth-order valence-electron chi connectivity index (χ4n) is 1.68. The molecule has 0 saturated carbocycles. The molecule has 3 nitrogen and oxygen atoms in total. The minimum Gasteiger partial charge on any atom is -0.379 e. The molecule has 0 rings (SSSR count). The van der Waals surface area contributed by atoms with E-state index in [2.05, 4.69) is 32.2 Å². The molecule has 0 aliphatic rings. The maximum Gasteiger partial charge on any atom is 0.106 e. The summed E-state index contributed by atoms with van der Waals surface area (Å²) < 4.78 is 5.62. The largest absolute Gasteiger partial charge is 0.379 e. The molecule has 0 amide bonds. The molecule has 2 unspecified atom stereocenters. The van der Waals surface area contributed by atoms with E-state index >= 15 is 0 Å². The van der Waals surface area contributed by atoms with Crippen LogP contribution in [0.5, 0.6) is 0 Å². The third-order valence-corrected chi connectivity index (χ3v) is 3.06. The van der Waals surface area contributed by atoms with Crippen LogP contribution in [0, 0.1) is 11.3 Å². The first kappa shape index (κ1) is 15.4. The minimum atomic E-state index is -0.354. The Morgan fingerprint density at radius 1 is 1.38 bits per heavy atom. The Labute approximate surface area is 100 Å². The summed E-state index contributed by atoms with van der Waals surface area (Å²) >= 11 is 0. The van der Waals surface area contributed by atoms with Gasteiger partial charge in [-0.05, 0) is 39.2 Å². The number of nitrogens with one attached hydrogen (secondary N) is 1. The number of hydrogen-bond acceptors (Lipinski definition) is 3. The smallest absolute Gasteiger partial charge is 0.106 e. The van der Waals surface area contributed by atoms with Crippen LogP contribution in [0.1, 0.15) is 53.4 Å². The summed E-state index contributed by atoms with van der Waals surface area (Å²) in [6.07, 6.45) is 4.03. The predicted molar refractivity (Wildman–Crippen MR) is 67.3 cm³/mol. The van der Waals surface area contributed by atoms with Gasteiger partial charge in [0.25, 0.3) is 0 Å². The van der Waals surface area contributed by atoms with Crippen LogP contribution in [0.3, 0.4) is 0 Å². The summed E-state index contributed by atoms with van der Waals surface area (Å²) in [7, 11) is 0. The second-order valence-electron chi connectivity index (χ2n) is 4.27. The number of hydrogen-bond donors (Lipinski definition) is 1. The molecule has 1 N–H and O–H groups in total. The number of rotatable bonds is 9. The van der Waals surface area contributed by atoms with Crippen LogP contribution in [-0.4, -0.2) is 24.8 Å². The number of ether oxygens (including phenoxy) is 1. The molecule has 0 spiro atoms. The van der Waals surface area contributed by atoms with Crippen molar-refractivity contribution in [2.24, 2.45) is 0 Å². The van der Waals surface area contributed by atoms with E-state index in [1.807, 2.05) is 6.92 Å². The van der Waals surface area contributed by atoms with Gasteiger partial charge in [0, 0.05) is 6.61 Å². The van der Waals surface area contributed by atoms with E-state index in [1.54, 1.807) is 0 Å². The first-order valence-electron chi connectivity index (χ1n) is 6.42. The molecule has 0 aliphatic heterocycles.